The maximum Gasteiger partial charge on any atom is 0.307 e. The van der Waals surface area contributed by atoms with Crippen molar-refractivity contribution in [3.05, 3.63) is 61.8 Å². The first kappa shape index (κ1) is 18.5. The van der Waals surface area contributed by atoms with Crippen LogP contribution in [0.25, 0.3) is 11.0 Å². The smallest absolute Gasteiger partial charge is 0.307 e. The molecule has 3 aromatic rings. The van der Waals surface area contributed by atoms with Gasteiger partial charge in [0.15, 0.2) is 5.76 Å². The average molecular weight is 538 g/mol. The molecule has 0 radical (unpaired) electrons. The summed E-state index contributed by atoms with van der Waals surface area (Å²) in [5.41, 5.74) is 5.39. The molecule has 0 spiro atoms. The molecule has 0 saturated carbocycles. The highest BCUT2D eigenvalue weighted by Crippen LogP contribution is 2.28. The highest BCUT2D eigenvalue weighted by Gasteiger charge is 2.14. The summed E-state index contributed by atoms with van der Waals surface area (Å²) in [5.74, 6) is -0.134. The lowest BCUT2D eigenvalue weighted by Crippen LogP contribution is -2.17. The Morgan fingerprint density at radius 2 is 1.93 bits per heavy atom. The lowest BCUT2D eigenvalue weighted by atomic mass is 10.2. The molecular weight excluding hydrogens is 521 g/mol. The summed E-state index contributed by atoms with van der Waals surface area (Å²) in [6.07, 6.45) is 4.15. The maximum atomic E-state index is 12.3. The van der Waals surface area contributed by atoms with Crippen LogP contribution < -0.4 is 10.3 Å². The third kappa shape index (κ3) is 4.19. The predicted molar refractivity (Wildman–Crippen MR) is 120 cm³/mol. The van der Waals surface area contributed by atoms with Crippen LogP contribution in [0, 0.1) is 3.57 Å². The van der Waals surface area contributed by atoms with Gasteiger partial charge in [-0.1, -0.05) is 28.1 Å². The van der Waals surface area contributed by atoms with Gasteiger partial charge in [0.25, 0.3) is 0 Å². The molecule has 0 aliphatic carbocycles. The van der Waals surface area contributed by atoms with E-state index in [9.17, 15) is 4.79 Å². The molecule has 7 heteroatoms. The number of hydrogen-bond donors (Lipinski definition) is 1. The van der Waals surface area contributed by atoms with E-state index in [1.165, 1.54) is 18.5 Å². The van der Waals surface area contributed by atoms with Gasteiger partial charge in [0.1, 0.15) is 5.58 Å². The van der Waals surface area contributed by atoms with Crippen molar-refractivity contribution in [1.29, 1.82) is 0 Å². The van der Waals surface area contributed by atoms with Crippen molar-refractivity contribution in [3.63, 3.8) is 0 Å². The van der Waals surface area contributed by atoms with Crippen molar-refractivity contribution < 1.29 is 9.21 Å². The van der Waals surface area contributed by atoms with Gasteiger partial charge in [-0.15, -0.1) is 0 Å². The van der Waals surface area contributed by atoms with Crippen LogP contribution >= 0.6 is 38.5 Å². The summed E-state index contributed by atoms with van der Waals surface area (Å²) in [6, 6.07) is 13.8. The molecular formula is C20H17BrIN3O2. The molecule has 0 unspecified atom stereocenters. The first-order valence-corrected chi connectivity index (χ1v) is 10.5. The molecule has 2 heterocycles. The van der Waals surface area contributed by atoms with Crippen LogP contribution in [0.1, 0.15) is 29.0 Å². The number of hydrogen-bond acceptors (Lipinski definition) is 4. The Bertz CT molecular complexity index is 1010. The molecule has 1 amide bonds. The number of rotatable bonds is 4. The first-order chi connectivity index (χ1) is 13.1. The molecule has 138 valence electrons. The number of fused-ring (bicyclic) bond motifs is 1. The third-order valence-corrected chi connectivity index (χ3v) is 5.76. The van der Waals surface area contributed by atoms with E-state index in [0.29, 0.717) is 5.58 Å². The normalized spacial score (nSPS) is 14.4. The van der Waals surface area contributed by atoms with Crippen LogP contribution in [0.3, 0.4) is 0 Å². The second kappa shape index (κ2) is 8.02. The van der Waals surface area contributed by atoms with E-state index in [1.807, 2.05) is 24.3 Å². The van der Waals surface area contributed by atoms with Crippen molar-refractivity contribution in [2.45, 2.75) is 12.8 Å². The summed E-state index contributed by atoms with van der Waals surface area (Å²) in [6.45, 7) is 2.24. The van der Waals surface area contributed by atoms with Crippen molar-refractivity contribution >= 4 is 67.3 Å². The van der Waals surface area contributed by atoms with Gasteiger partial charge >= 0.3 is 5.91 Å². The Labute approximate surface area is 179 Å². The minimum absolute atomic E-state index is 0.238. The van der Waals surface area contributed by atoms with Crippen molar-refractivity contribution in [3.8, 4) is 0 Å². The number of halogens is 2. The fourth-order valence-electron chi connectivity index (χ4n) is 3.15. The van der Waals surface area contributed by atoms with Crippen LogP contribution in [0.15, 0.2) is 56.5 Å². The number of nitrogens with zero attached hydrogens (tertiary/aromatic N) is 2. The average Bonchev–Trinajstić information content (AvgIpc) is 3.32. The van der Waals surface area contributed by atoms with Gasteiger partial charge in [0.2, 0.25) is 0 Å². The summed E-state index contributed by atoms with van der Waals surface area (Å²) >= 11 is 5.64. The summed E-state index contributed by atoms with van der Waals surface area (Å²) in [4.78, 5) is 14.7. The van der Waals surface area contributed by atoms with Crippen LogP contribution in [0.2, 0.25) is 0 Å². The quantitative estimate of drug-likeness (QED) is 0.284. The SMILES string of the molecule is O=C(N/N=C/c1ccc(N2CCCC2)cc1)c1cc2cc(Br)cc(I)c2o1. The Kier molecular flexibility index (Phi) is 5.49. The Balaban J connectivity index is 1.42. The molecule has 1 N–H and O–H groups in total. The number of nitrogens with one attached hydrogen (secondary N) is 1. The van der Waals surface area contributed by atoms with Gasteiger partial charge in [0.05, 0.1) is 9.78 Å². The standard InChI is InChI=1S/C20H17BrIN3O2/c21-15-9-14-10-18(27-19(14)17(22)11-15)20(26)24-23-12-13-3-5-16(6-4-13)25-7-1-2-8-25/h3-6,9-12H,1-2,7-8H2,(H,24,26)/b23-12+. The van der Waals surface area contributed by atoms with E-state index < -0.39 is 0 Å². The zero-order chi connectivity index (χ0) is 18.8. The topological polar surface area (TPSA) is 57.8 Å². The zero-order valence-electron chi connectivity index (χ0n) is 14.4. The Hall–Kier alpha value is -1.87. The highest BCUT2D eigenvalue weighted by atomic mass is 127. The zero-order valence-corrected chi connectivity index (χ0v) is 18.2. The van der Waals surface area contributed by atoms with Crippen LogP contribution in [0.4, 0.5) is 5.69 Å². The fraction of sp³-hybridized carbons (Fsp3) is 0.200. The van der Waals surface area contributed by atoms with E-state index in [1.54, 1.807) is 12.3 Å². The number of anilines is 1. The molecule has 0 bridgehead atoms. The molecule has 4 rings (SSSR count). The number of amides is 1. The molecule has 1 aromatic heterocycles. The molecule has 0 atom stereocenters. The monoisotopic (exact) mass is 537 g/mol. The van der Waals surface area contributed by atoms with Gasteiger partial charge in [-0.05, 0) is 71.3 Å². The van der Waals surface area contributed by atoms with Gasteiger partial charge in [0, 0.05) is 28.6 Å². The fourth-order valence-corrected chi connectivity index (χ4v) is 4.82. The molecule has 1 aliphatic rings. The minimum atomic E-state index is -0.372. The van der Waals surface area contributed by atoms with Crippen LogP contribution in [-0.2, 0) is 0 Å². The van der Waals surface area contributed by atoms with E-state index in [4.69, 9.17) is 4.42 Å². The lowest BCUT2D eigenvalue weighted by molar-refractivity contribution is 0.0929. The number of carbonyl (C=O) groups is 1. The highest BCUT2D eigenvalue weighted by molar-refractivity contribution is 14.1. The lowest BCUT2D eigenvalue weighted by Gasteiger charge is -2.17. The number of carbonyl (C=O) groups excluding carboxylic acids is 1. The predicted octanol–water partition coefficient (Wildman–Crippen LogP) is 5.16. The van der Waals surface area contributed by atoms with Gasteiger partial charge in [-0.25, -0.2) is 5.43 Å². The number of benzene rings is 2. The molecule has 5 nitrogen and oxygen atoms in total. The van der Waals surface area contributed by atoms with E-state index in [0.717, 1.165) is 32.1 Å². The van der Waals surface area contributed by atoms with Crippen molar-refractivity contribution in [1.82, 2.24) is 5.43 Å². The van der Waals surface area contributed by atoms with Crippen molar-refractivity contribution in [2.24, 2.45) is 5.10 Å². The van der Waals surface area contributed by atoms with Crippen molar-refractivity contribution in [2.75, 3.05) is 18.0 Å². The number of hydrazone groups is 1. The Morgan fingerprint density at radius 3 is 2.67 bits per heavy atom. The van der Waals surface area contributed by atoms with E-state index in [-0.39, 0.29) is 11.7 Å². The molecule has 1 fully saturated rings. The van der Waals surface area contributed by atoms with E-state index in [2.05, 4.69) is 66.1 Å². The molecule has 1 aliphatic heterocycles. The van der Waals surface area contributed by atoms with Crippen LogP contribution in [-0.4, -0.2) is 25.2 Å². The molecule has 1 saturated heterocycles. The van der Waals surface area contributed by atoms with Gasteiger partial charge < -0.3 is 9.32 Å². The second-order valence-corrected chi connectivity index (χ2v) is 8.48. The summed E-state index contributed by atoms with van der Waals surface area (Å²) < 4.78 is 7.56. The van der Waals surface area contributed by atoms with Crippen LogP contribution in [0.5, 0.6) is 0 Å². The summed E-state index contributed by atoms with van der Waals surface area (Å²) in [5, 5.41) is 4.92. The first-order valence-electron chi connectivity index (χ1n) is 8.67. The molecule has 2 aromatic carbocycles. The minimum Gasteiger partial charge on any atom is -0.450 e. The summed E-state index contributed by atoms with van der Waals surface area (Å²) in [7, 11) is 0. The number of furan rings is 1. The largest absolute Gasteiger partial charge is 0.450 e. The second-order valence-electron chi connectivity index (χ2n) is 6.40. The third-order valence-electron chi connectivity index (χ3n) is 4.50. The molecule has 27 heavy (non-hydrogen) atoms. The Morgan fingerprint density at radius 1 is 1.19 bits per heavy atom. The van der Waals surface area contributed by atoms with Gasteiger partial charge in [-0.3, -0.25) is 4.79 Å². The van der Waals surface area contributed by atoms with E-state index >= 15 is 0 Å². The van der Waals surface area contributed by atoms with Gasteiger partial charge in [-0.2, -0.15) is 5.10 Å². The maximum absolute atomic E-state index is 12.3.